The summed E-state index contributed by atoms with van der Waals surface area (Å²) in [5.41, 5.74) is 8.78. The van der Waals surface area contributed by atoms with Crippen LogP contribution in [0.2, 0.25) is 0 Å². The van der Waals surface area contributed by atoms with Gasteiger partial charge < -0.3 is 26.8 Å². The highest BCUT2D eigenvalue weighted by molar-refractivity contribution is 6.06. The van der Waals surface area contributed by atoms with E-state index in [1.165, 1.54) is 18.8 Å². The second kappa shape index (κ2) is 9.64. The van der Waals surface area contributed by atoms with Crippen LogP contribution in [0.4, 0.5) is 28.7 Å². The van der Waals surface area contributed by atoms with Gasteiger partial charge in [0.1, 0.15) is 0 Å². The van der Waals surface area contributed by atoms with E-state index in [0.29, 0.717) is 46.8 Å². The van der Waals surface area contributed by atoms with E-state index in [4.69, 9.17) is 5.73 Å². The maximum atomic E-state index is 13.1. The van der Waals surface area contributed by atoms with E-state index in [1.807, 2.05) is 31.2 Å². The van der Waals surface area contributed by atoms with Crippen molar-refractivity contribution in [2.45, 2.75) is 57.5 Å². The van der Waals surface area contributed by atoms with Gasteiger partial charge in [-0.15, -0.1) is 0 Å². The van der Waals surface area contributed by atoms with Gasteiger partial charge >= 0.3 is 0 Å². The van der Waals surface area contributed by atoms with E-state index in [0.717, 1.165) is 43.4 Å². The first-order valence-corrected chi connectivity index (χ1v) is 13.5. The minimum Gasteiger partial charge on any atom is -0.399 e. The molecule has 39 heavy (non-hydrogen) atoms. The number of aliphatic hydroxyl groups is 1. The second-order valence-corrected chi connectivity index (χ2v) is 11.9. The van der Waals surface area contributed by atoms with Gasteiger partial charge in [0.25, 0.3) is 5.91 Å². The Kier molecular flexibility index (Phi) is 6.26. The van der Waals surface area contributed by atoms with Gasteiger partial charge in [0.15, 0.2) is 0 Å². The molecule has 3 aromatic rings. The molecule has 0 spiro atoms. The zero-order valence-corrected chi connectivity index (χ0v) is 22.0. The van der Waals surface area contributed by atoms with Crippen molar-refractivity contribution in [2.24, 2.45) is 17.3 Å². The molecule has 1 aromatic heterocycles. The molecule has 0 aliphatic heterocycles. The van der Waals surface area contributed by atoms with Crippen LogP contribution in [-0.4, -0.2) is 32.5 Å². The van der Waals surface area contributed by atoms with Gasteiger partial charge in [0.05, 0.1) is 23.7 Å². The molecule has 4 aliphatic rings. The van der Waals surface area contributed by atoms with E-state index >= 15 is 0 Å². The van der Waals surface area contributed by atoms with Crippen LogP contribution in [0.3, 0.4) is 0 Å². The third-order valence-corrected chi connectivity index (χ3v) is 8.51. The lowest BCUT2D eigenvalue weighted by Crippen LogP contribution is -2.56. The molecule has 0 saturated heterocycles. The summed E-state index contributed by atoms with van der Waals surface area (Å²) in [5.74, 6) is 1.07. The summed E-state index contributed by atoms with van der Waals surface area (Å²) in [6.07, 6.45) is 9.19. The van der Waals surface area contributed by atoms with Crippen molar-refractivity contribution in [3.63, 3.8) is 0 Å². The van der Waals surface area contributed by atoms with Crippen LogP contribution in [0.5, 0.6) is 0 Å². The number of hydrogen-bond acceptors (Lipinski definition) is 7. The molecule has 4 atom stereocenters. The van der Waals surface area contributed by atoms with E-state index in [2.05, 4.69) is 25.9 Å². The SMILES string of the molecule is Cc1ccc(NC(=O)CC23C[C@@H]4C[C@@H](CC(O)(C4)C2)C3)cc1C(=O)Nc1cnc(Nc2cccc(N)c2)nc1. The van der Waals surface area contributed by atoms with Gasteiger partial charge in [-0.2, -0.15) is 0 Å². The average Bonchev–Trinajstić information content (AvgIpc) is 2.84. The van der Waals surface area contributed by atoms with E-state index in [1.54, 1.807) is 18.2 Å². The average molecular weight is 527 g/mol. The second-order valence-electron chi connectivity index (χ2n) is 11.9. The fourth-order valence-electron chi connectivity index (χ4n) is 7.50. The fourth-order valence-corrected chi connectivity index (χ4v) is 7.50. The Hall–Kier alpha value is -3.98. The van der Waals surface area contributed by atoms with E-state index in [-0.39, 0.29) is 17.2 Å². The summed E-state index contributed by atoms with van der Waals surface area (Å²) in [5, 5.41) is 19.9. The standard InChI is InChI=1S/C30H34N6O3/c1-18-5-6-23(34-26(37)14-29-10-19-7-20(11-29)13-30(39,12-19)17-29)9-25(18)27(38)35-24-15-32-28(33-16-24)36-22-4-2-3-21(31)8-22/h2-6,8-9,15-16,19-20,39H,7,10-14,17,31H2,1H3,(H,34,37)(H,35,38)(H,32,33,36)/t19-,20+,29?,30?. The van der Waals surface area contributed by atoms with Gasteiger partial charge in [-0.05, 0) is 98.6 Å². The van der Waals surface area contributed by atoms with Crippen molar-refractivity contribution in [1.29, 1.82) is 0 Å². The van der Waals surface area contributed by atoms with Crippen molar-refractivity contribution >= 4 is 40.5 Å². The molecule has 4 bridgehead atoms. The maximum Gasteiger partial charge on any atom is 0.256 e. The number of carbonyl (C=O) groups excluding carboxylic acids is 2. The molecule has 4 fully saturated rings. The highest BCUT2D eigenvalue weighted by Crippen LogP contribution is 2.62. The molecule has 1 heterocycles. The van der Waals surface area contributed by atoms with Crippen molar-refractivity contribution in [3.8, 4) is 0 Å². The zero-order valence-electron chi connectivity index (χ0n) is 22.0. The van der Waals surface area contributed by atoms with Gasteiger partial charge in [0.2, 0.25) is 11.9 Å². The summed E-state index contributed by atoms with van der Waals surface area (Å²) in [4.78, 5) is 34.7. The number of nitrogens with one attached hydrogen (secondary N) is 3. The molecular weight excluding hydrogens is 492 g/mol. The highest BCUT2D eigenvalue weighted by atomic mass is 16.3. The van der Waals surface area contributed by atoms with Crippen LogP contribution in [0.1, 0.15) is 60.9 Å². The molecule has 9 heteroatoms. The number of rotatable bonds is 7. The number of anilines is 5. The topological polar surface area (TPSA) is 142 Å². The normalized spacial score (nSPS) is 26.7. The number of carbonyl (C=O) groups is 2. The molecular formula is C30H34N6O3. The Morgan fingerprint density at radius 1 is 0.974 bits per heavy atom. The Balaban J connectivity index is 1.09. The minimum absolute atomic E-state index is 0.0626. The molecule has 2 unspecified atom stereocenters. The number of aromatic nitrogens is 2. The number of hydrogen-bond donors (Lipinski definition) is 5. The summed E-state index contributed by atoms with van der Waals surface area (Å²) in [6, 6.07) is 12.6. The van der Waals surface area contributed by atoms with Gasteiger partial charge in [-0.1, -0.05) is 12.1 Å². The Bertz CT molecular complexity index is 1410. The van der Waals surface area contributed by atoms with E-state index in [9.17, 15) is 14.7 Å². The summed E-state index contributed by atoms with van der Waals surface area (Å²) in [6.45, 7) is 1.85. The van der Waals surface area contributed by atoms with Crippen molar-refractivity contribution < 1.29 is 14.7 Å². The molecule has 202 valence electrons. The quantitative estimate of drug-likeness (QED) is 0.272. The molecule has 7 rings (SSSR count). The summed E-state index contributed by atoms with van der Waals surface area (Å²) >= 11 is 0. The van der Waals surface area contributed by atoms with Crippen LogP contribution in [0, 0.1) is 24.2 Å². The van der Waals surface area contributed by atoms with Crippen molar-refractivity contribution in [3.05, 3.63) is 66.0 Å². The van der Waals surface area contributed by atoms with Gasteiger partial charge in [0, 0.05) is 29.0 Å². The number of benzene rings is 2. The predicted molar refractivity (Wildman–Crippen MR) is 151 cm³/mol. The molecule has 2 aromatic carbocycles. The fraction of sp³-hybridized carbons (Fsp3) is 0.400. The first-order chi connectivity index (χ1) is 18.7. The highest BCUT2D eigenvalue weighted by Gasteiger charge is 2.57. The molecule has 4 aliphatic carbocycles. The minimum atomic E-state index is -0.590. The van der Waals surface area contributed by atoms with Crippen LogP contribution < -0.4 is 21.7 Å². The number of amides is 2. The third-order valence-electron chi connectivity index (χ3n) is 8.51. The number of nitrogen functional groups attached to an aromatic ring is 1. The molecule has 4 saturated carbocycles. The van der Waals surface area contributed by atoms with Gasteiger partial charge in [-0.25, -0.2) is 9.97 Å². The van der Waals surface area contributed by atoms with Crippen LogP contribution >= 0.6 is 0 Å². The monoisotopic (exact) mass is 526 g/mol. The zero-order chi connectivity index (χ0) is 27.2. The Morgan fingerprint density at radius 2 is 1.72 bits per heavy atom. The van der Waals surface area contributed by atoms with Crippen LogP contribution in [-0.2, 0) is 4.79 Å². The smallest absolute Gasteiger partial charge is 0.256 e. The number of nitrogens with zero attached hydrogens (tertiary/aromatic N) is 2. The molecule has 0 radical (unpaired) electrons. The number of nitrogens with two attached hydrogens (primary N) is 1. The molecule has 9 nitrogen and oxygen atoms in total. The van der Waals surface area contributed by atoms with Crippen LogP contribution in [0.25, 0.3) is 0 Å². The Labute approximate surface area is 227 Å². The molecule has 6 N–H and O–H groups in total. The lowest BCUT2D eigenvalue weighted by Gasteiger charge is -2.60. The lowest BCUT2D eigenvalue weighted by molar-refractivity contribution is -0.167. The predicted octanol–water partition coefficient (Wildman–Crippen LogP) is 5.02. The van der Waals surface area contributed by atoms with Crippen molar-refractivity contribution in [1.82, 2.24) is 9.97 Å². The third kappa shape index (κ3) is 5.45. The van der Waals surface area contributed by atoms with Gasteiger partial charge in [-0.3, -0.25) is 9.59 Å². The number of aryl methyl sites for hydroxylation is 1. The largest absolute Gasteiger partial charge is 0.399 e. The maximum absolute atomic E-state index is 13.1. The first kappa shape index (κ1) is 25.3. The summed E-state index contributed by atoms with van der Waals surface area (Å²) < 4.78 is 0. The van der Waals surface area contributed by atoms with E-state index < -0.39 is 5.60 Å². The summed E-state index contributed by atoms with van der Waals surface area (Å²) in [7, 11) is 0. The lowest BCUT2D eigenvalue weighted by atomic mass is 9.47. The molecule has 2 amide bonds. The van der Waals surface area contributed by atoms with Crippen LogP contribution in [0.15, 0.2) is 54.9 Å². The first-order valence-electron chi connectivity index (χ1n) is 13.5. The van der Waals surface area contributed by atoms with Crippen molar-refractivity contribution in [2.75, 3.05) is 21.7 Å². The Morgan fingerprint density at radius 3 is 2.41 bits per heavy atom.